The van der Waals surface area contributed by atoms with E-state index in [0.29, 0.717) is 18.7 Å². The van der Waals surface area contributed by atoms with Crippen LogP contribution in [0.25, 0.3) is 11.3 Å². The van der Waals surface area contributed by atoms with Crippen LogP contribution in [0.2, 0.25) is 0 Å². The van der Waals surface area contributed by atoms with Crippen molar-refractivity contribution in [3.63, 3.8) is 0 Å². The predicted octanol–water partition coefficient (Wildman–Crippen LogP) is 4.14. The van der Waals surface area contributed by atoms with Gasteiger partial charge in [0, 0.05) is 29.2 Å². The summed E-state index contributed by atoms with van der Waals surface area (Å²) in [6.45, 7) is 2.95. The monoisotopic (exact) mass is 338 g/mol. The van der Waals surface area contributed by atoms with Gasteiger partial charge in [-0.15, -0.1) is 0 Å². The summed E-state index contributed by atoms with van der Waals surface area (Å²) in [5.41, 5.74) is 3.44. The maximum Gasteiger partial charge on any atom is 0.253 e. The standard InChI is InChI=1S/C19H18N2O2S/c1-2-23-18-6-4-3-5-14(18)11-21-19(22)15-7-8-17(20-12-15)16-9-10-24-13-16/h3-10,12-13H,2,11H2,1H3,(H,21,22). The van der Waals surface area contributed by atoms with Gasteiger partial charge in [-0.2, -0.15) is 11.3 Å². The number of hydrogen-bond acceptors (Lipinski definition) is 4. The molecule has 0 radical (unpaired) electrons. The van der Waals surface area contributed by atoms with Gasteiger partial charge in [0.2, 0.25) is 0 Å². The van der Waals surface area contributed by atoms with Crippen molar-refractivity contribution in [3.05, 3.63) is 70.5 Å². The first kappa shape index (κ1) is 16.2. The van der Waals surface area contributed by atoms with Crippen LogP contribution in [0, 0.1) is 0 Å². The van der Waals surface area contributed by atoms with Crippen molar-refractivity contribution < 1.29 is 9.53 Å². The Kier molecular flexibility index (Phi) is 5.23. The minimum Gasteiger partial charge on any atom is -0.494 e. The summed E-state index contributed by atoms with van der Waals surface area (Å²) >= 11 is 1.62. The lowest BCUT2D eigenvalue weighted by Gasteiger charge is -2.11. The van der Waals surface area contributed by atoms with Gasteiger partial charge >= 0.3 is 0 Å². The molecule has 0 fully saturated rings. The van der Waals surface area contributed by atoms with E-state index in [9.17, 15) is 4.79 Å². The molecule has 24 heavy (non-hydrogen) atoms. The van der Waals surface area contributed by atoms with Gasteiger partial charge in [0.05, 0.1) is 17.9 Å². The van der Waals surface area contributed by atoms with Crippen LogP contribution >= 0.6 is 11.3 Å². The number of nitrogens with one attached hydrogen (secondary N) is 1. The third-order valence-corrected chi connectivity index (χ3v) is 4.24. The van der Waals surface area contributed by atoms with Crippen LogP contribution in [0.3, 0.4) is 0 Å². The molecular weight excluding hydrogens is 320 g/mol. The summed E-state index contributed by atoms with van der Waals surface area (Å²) in [7, 11) is 0. The molecule has 0 saturated heterocycles. The molecule has 0 aliphatic carbocycles. The molecule has 0 aliphatic heterocycles. The number of carbonyl (C=O) groups is 1. The topological polar surface area (TPSA) is 51.2 Å². The van der Waals surface area contributed by atoms with E-state index >= 15 is 0 Å². The Labute approximate surface area is 145 Å². The highest BCUT2D eigenvalue weighted by Gasteiger charge is 2.09. The van der Waals surface area contributed by atoms with Gasteiger partial charge in [-0.05, 0) is 36.6 Å². The molecule has 0 atom stereocenters. The second kappa shape index (κ2) is 7.75. The zero-order valence-corrected chi connectivity index (χ0v) is 14.2. The fourth-order valence-electron chi connectivity index (χ4n) is 2.33. The number of hydrogen-bond donors (Lipinski definition) is 1. The summed E-state index contributed by atoms with van der Waals surface area (Å²) in [5, 5.41) is 6.95. The highest BCUT2D eigenvalue weighted by Crippen LogP contribution is 2.20. The van der Waals surface area contributed by atoms with Crippen LogP contribution in [0.4, 0.5) is 0 Å². The Hall–Kier alpha value is -2.66. The van der Waals surface area contributed by atoms with Crippen molar-refractivity contribution in [1.82, 2.24) is 10.3 Å². The molecule has 0 bridgehead atoms. The Bertz CT molecular complexity index is 798. The second-order valence-electron chi connectivity index (χ2n) is 5.17. The highest BCUT2D eigenvalue weighted by molar-refractivity contribution is 7.08. The van der Waals surface area contributed by atoms with Crippen molar-refractivity contribution in [3.8, 4) is 17.0 Å². The van der Waals surface area contributed by atoms with Crippen LogP contribution in [0.5, 0.6) is 5.75 Å². The van der Waals surface area contributed by atoms with Crippen LogP contribution in [-0.2, 0) is 6.54 Å². The first-order valence-electron chi connectivity index (χ1n) is 7.75. The molecule has 4 nitrogen and oxygen atoms in total. The van der Waals surface area contributed by atoms with Crippen molar-refractivity contribution in [2.24, 2.45) is 0 Å². The van der Waals surface area contributed by atoms with Gasteiger partial charge in [0.1, 0.15) is 5.75 Å². The van der Waals surface area contributed by atoms with Gasteiger partial charge < -0.3 is 10.1 Å². The van der Waals surface area contributed by atoms with Crippen LogP contribution in [0.15, 0.2) is 59.4 Å². The summed E-state index contributed by atoms with van der Waals surface area (Å²) in [5.74, 6) is 0.650. The van der Waals surface area contributed by atoms with E-state index in [1.165, 1.54) is 0 Å². The van der Waals surface area contributed by atoms with Crippen LogP contribution in [-0.4, -0.2) is 17.5 Å². The lowest BCUT2D eigenvalue weighted by molar-refractivity contribution is 0.0950. The van der Waals surface area contributed by atoms with Crippen molar-refractivity contribution in [2.75, 3.05) is 6.61 Å². The number of ether oxygens (including phenoxy) is 1. The number of benzene rings is 1. The number of rotatable bonds is 6. The number of nitrogens with zero attached hydrogens (tertiary/aromatic N) is 1. The lowest BCUT2D eigenvalue weighted by atomic mass is 10.1. The van der Waals surface area contributed by atoms with E-state index in [0.717, 1.165) is 22.6 Å². The Morgan fingerprint density at radius 3 is 2.79 bits per heavy atom. The summed E-state index contributed by atoms with van der Waals surface area (Å²) < 4.78 is 5.57. The molecule has 3 aromatic rings. The average Bonchev–Trinajstić information content (AvgIpc) is 3.16. The maximum atomic E-state index is 12.3. The zero-order chi connectivity index (χ0) is 16.8. The number of aromatic nitrogens is 1. The predicted molar refractivity (Wildman–Crippen MR) is 96.3 cm³/mol. The molecule has 1 aromatic carbocycles. The van der Waals surface area contributed by atoms with E-state index in [4.69, 9.17) is 4.74 Å². The molecule has 2 heterocycles. The van der Waals surface area contributed by atoms with Gasteiger partial charge in [0.15, 0.2) is 0 Å². The SMILES string of the molecule is CCOc1ccccc1CNC(=O)c1ccc(-c2ccsc2)nc1. The number of pyridine rings is 1. The average molecular weight is 338 g/mol. The van der Waals surface area contributed by atoms with Gasteiger partial charge in [0.25, 0.3) is 5.91 Å². The van der Waals surface area contributed by atoms with Gasteiger partial charge in [-0.1, -0.05) is 18.2 Å². The fraction of sp³-hybridized carbons (Fsp3) is 0.158. The first-order chi connectivity index (χ1) is 11.8. The fourth-order valence-corrected chi connectivity index (χ4v) is 2.98. The van der Waals surface area contributed by atoms with Crippen molar-refractivity contribution >= 4 is 17.2 Å². The van der Waals surface area contributed by atoms with E-state index in [1.807, 2.05) is 54.1 Å². The lowest BCUT2D eigenvalue weighted by Crippen LogP contribution is -2.23. The molecule has 2 aromatic heterocycles. The quantitative estimate of drug-likeness (QED) is 0.735. The molecule has 0 aliphatic rings. The second-order valence-corrected chi connectivity index (χ2v) is 5.95. The van der Waals surface area contributed by atoms with E-state index in [-0.39, 0.29) is 5.91 Å². The molecule has 3 rings (SSSR count). The molecule has 0 saturated carbocycles. The van der Waals surface area contributed by atoms with E-state index in [2.05, 4.69) is 10.3 Å². The minimum atomic E-state index is -0.148. The van der Waals surface area contributed by atoms with Crippen molar-refractivity contribution in [2.45, 2.75) is 13.5 Å². The van der Waals surface area contributed by atoms with E-state index < -0.39 is 0 Å². The normalized spacial score (nSPS) is 10.4. The Morgan fingerprint density at radius 2 is 2.08 bits per heavy atom. The summed E-state index contributed by atoms with van der Waals surface area (Å²) in [4.78, 5) is 16.7. The summed E-state index contributed by atoms with van der Waals surface area (Å²) in [6, 6.07) is 13.4. The summed E-state index contributed by atoms with van der Waals surface area (Å²) in [6.07, 6.45) is 1.61. The first-order valence-corrected chi connectivity index (χ1v) is 8.69. The number of para-hydroxylation sites is 1. The molecule has 5 heteroatoms. The molecule has 1 amide bonds. The Morgan fingerprint density at radius 1 is 1.21 bits per heavy atom. The van der Waals surface area contributed by atoms with Crippen LogP contribution < -0.4 is 10.1 Å². The third kappa shape index (κ3) is 3.81. The highest BCUT2D eigenvalue weighted by atomic mass is 32.1. The Balaban J connectivity index is 1.65. The molecular formula is C19H18N2O2S. The van der Waals surface area contributed by atoms with E-state index in [1.54, 1.807) is 23.6 Å². The van der Waals surface area contributed by atoms with Crippen molar-refractivity contribution in [1.29, 1.82) is 0 Å². The molecule has 0 spiro atoms. The molecule has 0 unspecified atom stereocenters. The maximum absolute atomic E-state index is 12.3. The minimum absolute atomic E-state index is 0.148. The van der Waals surface area contributed by atoms with Crippen LogP contribution in [0.1, 0.15) is 22.8 Å². The number of thiophene rings is 1. The van der Waals surface area contributed by atoms with Gasteiger partial charge in [-0.25, -0.2) is 0 Å². The number of carbonyl (C=O) groups excluding carboxylic acids is 1. The zero-order valence-electron chi connectivity index (χ0n) is 13.4. The number of amides is 1. The smallest absolute Gasteiger partial charge is 0.253 e. The van der Waals surface area contributed by atoms with Gasteiger partial charge in [-0.3, -0.25) is 9.78 Å². The molecule has 1 N–H and O–H groups in total. The third-order valence-electron chi connectivity index (χ3n) is 3.55. The largest absolute Gasteiger partial charge is 0.494 e. The molecule has 122 valence electrons.